The molecule has 1 aliphatic rings. The Morgan fingerprint density at radius 3 is 2.41 bits per heavy atom. The highest BCUT2D eigenvalue weighted by Gasteiger charge is 2.48. The Morgan fingerprint density at radius 2 is 1.74 bits per heavy atom. The number of aryl methyl sites for hydroxylation is 1. The number of aromatic nitrogens is 2. The molecule has 1 fully saturated rings. The number of phenolic OH excluding ortho intramolecular Hbond substituents is 1. The van der Waals surface area contributed by atoms with Crippen LogP contribution >= 0.6 is 0 Å². The van der Waals surface area contributed by atoms with E-state index in [-0.39, 0.29) is 28.6 Å². The predicted octanol–water partition coefficient (Wildman–Crippen LogP) is 4.69. The van der Waals surface area contributed by atoms with Crippen LogP contribution in [0.5, 0.6) is 11.5 Å². The van der Waals surface area contributed by atoms with Gasteiger partial charge in [0.05, 0.1) is 34.8 Å². The monoisotopic (exact) mass is 527 g/mol. The highest BCUT2D eigenvalue weighted by atomic mass is 16.5. The van der Waals surface area contributed by atoms with E-state index in [1.807, 2.05) is 13.8 Å². The number of Topliss-reactive ketones (excluding diaryl/α,β-unsaturated/α-hetero) is 1. The first-order valence-corrected chi connectivity index (χ1v) is 12.3. The molecule has 0 bridgehead atoms. The van der Waals surface area contributed by atoms with Crippen molar-refractivity contribution < 1.29 is 34.4 Å². The van der Waals surface area contributed by atoms with Crippen molar-refractivity contribution in [3.05, 3.63) is 88.5 Å². The van der Waals surface area contributed by atoms with E-state index < -0.39 is 23.7 Å². The number of nitrogens with one attached hydrogen (secondary N) is 1. The van der Waals surface area contributed by atoms with Gasteiger partial charge in [-0.25, -0.2) is 9.78 Å². The SMILES string of the molecule is CCCOc1ccc(/C(O)=C2\C(=O)C(=O)N(c3nc4ccc(C(=O)O)cc4[nH]3)C2c2ccc(O)cc2)cc1C. The zero-order valence-corrected chi connectivity index (χ0v) is 21.1. The van der Waals surface area contributed by atoms with Gasteiger partial charge in [0.2, 0.25) is 5.95 Å². The summed E-state index contributed by atoms with van der Waals surface area (Å²) in [6.07, 6.45) is 0.830. The van der Waals surface area contributed by atoms with Gasteiger partial charge in [-0.05, 0) is 73.0 Å². The van der Waals surface area contributed by atoms with Gasteiger partial charge in [0.25, 0.3) is 5.78 Å². The topological polar surface area (TPSA) is 153 Å². The van der Waals surface area contributed by atoms with Gasteiger partial charge in [-0.3, -0.25) is 14.5 Å². The number of aromatic hydroxyl groups is 1. The molecule has 0 aliphatic carbocycles. The number of aromatic carboxylic acids is 1. The van der Waals surface area contributed by atoms with Crippen molar-refractivity contribution in [2.75, 3.05) is 11.5 Å². The maximum absolute atomic E-state index is 13.4. The number of carbonyl (C=O) groups is 3. The number of aromatic amines is 1. The maximum atomic E-state index is 13.4. The Hall–Kier alpha value is -5.12. The lowest BCUT2D eigenvalue weighted by Gasteiger charge is -2.23. The van der Waals surface area contributed by atoms with Gasteiger partial charge in [-0.2, -0.15) is 0 Å². The number of carbonyl (C=O) groups excluding carboxylic acids is 2. The first kappa shape index (κ1) is 25.5. The summed E-state index contributed by atoms with van der Waals surface area (Å²) in [5, 5.41) is 30.5. The number of ketones is 1. The summed E-state index contributed by atoms with van der Waals surface area (Å²) in [5.74, 6) is -2.70. The molecule has 1 unspecified atom stereocenters. The second-order valence-electron chi connectivity index (χ2n) is 9.19. The fraction of sp³-hybridized carbons (Fsp3) is 0.172. The average Bonchev–Trinajstić information content (AvgIpc) is 3.45. The van der Waals surface area contributed by atoms with Gasteiger partial charge in [-0.1, -0.05) is 19.1 Å². The molecule has 10 nitrogen and oxygen atoms in total. The van der Waals surface area contributed by atoms with Crippen molar-refractivity contribution in [1.82, 2.24) is 9.97 Å². The molecule has 3 aromatic carbocycles. The Kier molecular flexibility index (Phi) is 6.53. The third kappa shape index (κ3) is 4.56. The van der Waals surface area contributed by atoms with Crippen molar-refractivity contribution in [3.63, 3.8) is 0 Å². The molecule has 5 rings (SSSR count). The van der Waals surface area contributed by atoms with Gasteiger partial charge < -0.3 is 25.0 Å². The lowest BCUT2D eigenvalue weighted by molar-refractivity contribution is -0.132. The molecule has 198 valence electrons. The number of rotatable bonds is 7. The van der Waals surface area contributed by atoms with Gasteiger partial charge in [0, 0.05) is 5.56 Å². The molecule has 39 heavy (non-hydrogen) atoms. The van der Waals surface area contributed by atoms with Crippen molar-refractivity contribution in [2.45, 2.75) is 26.3 Å². The van der Waals surface area contributed by atoms with Crippen molar-refractivity contribution in [1.29, 1.82) is 0 Å². The summed E-state index contributed by atoms with van der Waals surface area (Å²) < 4.78 is 5.71. The van der Waals surface area contributed by atoms with E-state index in [0.717, 1.165) is 16.9 Å². The molecule has 1 atom stereocenters. The minimum Gasteiger partial charge on any atom is -0.508 e. The highest BCUT2D eigenvalue weighted by molar-refractivity contribution is 6.51. The molecule has 4 N–H and O–H groups in total. The number of H-pyrrole nitrogens is 1. The summed E-state index contributed by atoms with van der Waals surface area (Å²) in [6.45, 7) is 4.34. The van der Waals surface area contributed by atoms with E-state index in [0.29, 0.717) is 34.5 Å². The molecule has 2 heterocycles. The summed E-state index contributed by atoms with van der Waals surface area (Å²) in [4.78, 5) is 46.7. The minimum absolute atomic E-state index is 0.00579. The summed E-state index contributed by atoms with van der Waals surface area (Å²) in [6, 6.07) is 14.1. The number of carboxylic acids is 1. The Bertz CT molecular complexity index is 1650. The molecule has 0 saturated carbocycles. The lowest BCUT2D eigenvalue weighted by atomic mass is 9.95. The molecule has 1 aromatic heterocycles. The summed E-state index contributed by atoms with van der Waals surface area (Å²) in [5.41, 5.74) is 2.13. The normalized spacial score (nSPS) is 16.7. The number of aliphatic hydroxyl groups is 1. The van der Waals surface area contributed by atoms with Gasteiger partial charge in [0.15, 0.2) is 0 Å². The van der Waals surface area contributed by atoms with Crippen LogP contribution in [0.25, 0.3) is 16.8 Å². The van der Waals surface area contributed by atoms with E-state index in [1.165, 1.54) is 30.3 Å². The van der Waals surface area contributed by atoms with Crippen LogP contribution in [0.3, 0.4) is 0 Å². The minimum atomic E-state index is -1.13. The molecule has 0 spiro atoms. The standard InChI is InChI=1S/C29H25N3O7/c1-3-12-39-22-11-7-17(13-15(22)2)25(34)23-24(16-4-8-19(33)9-5-16)32(27(36)26(23)35)29-30-20-10-6-18(28(37)38)14-21(20)31-29/h4-11,13-14,24,33-34H,3,12H2,1-2H3,(H,30,31)(H,37,38)/b25-23+. The third-order valence-electron chi connectivity index (χ3n) is 6.51. The quantitative estimate of drug-likeness (QED) is 0.153. The van der Waals surface area contributed by atoms with Crippen LogP contribution in [0.2, 0.25) is 0 Å². The number of ether oxygens (including phenoxy) is 1. The number of benzene rings is 3. The highest BCUT2D eigenvalue weighted by Crippen LogP contribution is 2.42. The van der Waals surface area contributed by atoms with E-state index in [9.17, 15) is 29.7 Å². The number of amides is 1. The maximum Gasteiger partial charge on any atom is 0.335 e. The summed E-state index contributed by atoms with van der Waals surface area (Å²) in [7, 11) is 0. The van der Waals surface area contributed by atoms with E-state index >= 15 is 0 Å². The number of aliphatic hydroxyl groups excluding tert-OH is 1. The zero-order chi connectivity index (χ0) is 27.8. The zero-order valence-electron chi connectivity index (χ0n) is 21.1. The van der Waals surface area contributed by atoms with Crippen LogP contribution in [-0.2, 0) is 9.59 Å². The number of anilines is 1. The first-order chi connectivity index (χ1) is 18.7. The van der Waals surface area contributed by atoms with Gasteiger partial charge in [0.1, 0.15) is 17.3 Å². The third-order valence-corrected chi connectivity index (χ3v) is 6.51. The number of fused-ring (bicyclic) bond motifs is 1. The Balaban J connectivity index is 1.66. The second kappa shape index (κ2) is 9.97. The fourth-order valence-corrected chi connectivity index (χ4v) is 4.59. The molecule has 10 heteroatoms. The van der Waals surface area contributed by atoms with Crippen LogP contribution in [-0.4, -0.2) is 49.6 Å². The molecule has 4 aromatic rings. The van der Waals surface area contributed by atoms with Crippen molar-refractivity contribution in [3.8, 4) is 11.5 Å². The number of imidazole rings is 1. The molecular weight excluding hydrogens is 502 g/mol. The number of hydrogen-bond donors (Lipinski definition) is 4. The number of nitrogens with zero attached hydrogens (tertiary/aromatic N) is 2. The summed E-state index contributed by atoms with van der Waals surface area (Å²) >= 11 is 0. The van der Waals surface area contributed by atoms with Crippen LogP contribution in [0.15, 0.2) is 66.2 Å². The lowest BCUT2D eigenvalue weighted by Crippen LogP contribution is -2.30. The van der Waals surface area contributed by atoms with E-state index in [4.69, 9.17) is 4.74 Å². The van der Waals surface area contributed by atoms with Gasteiger partial charge >= 0.3 is 11.9 Å². The first-order valence-electron chi connectivity index (χ1n) is 12.3. The van der Waals surface area contributed by atoms with Gasteiger partial charge in [-0.15, -0.1) is 0 Å². The Morgan fingerprint density at radius 1 is 1.03 bits per heavy atom. The average molecular weight is 528 g/mol. The number of carboxylic acid groups (broad SMARTS) is 1. The molecule has 1 aliphatic heterocycles. The number of hydrogen-bond acceptors (Lipinski definition) is 7. The molecule has 1 amide bonds. The fourth-order valence-electron chi connectivity index (χ4n) is 4.59. The van der Waals surface area contributed by atoms with Crippen LogP contribution in [0.4, 0.5) is 5.95 Å². The van der Waals surface area contributed by atoms with Crippen molar-refractivity contribution in [2.24, 2.45) is 0 Å². The van der Waals surface area contributed by atoms with Crippen molar-refractivity contribution >= 4 is 40.4 Å². The predicted molar refractivity (Wildman–Crippen MR) is 143 cm³/mol. The Labute approximate surface area is 222 Å². The molecule has 0 radical (unpaired) electrons. The van der Waals surface area contributed by atoms with Crippen LogP contribution in [0.1, 0.15) is 46.4 Å². The van der Waals surface area contributed by atoms with Crippen LogP contribution in [0, 0.1) is 6.92 Å². The largest absolute Gasteiger partial charge is 0.508 e. The van der Waals surface area contributed by atoms with E-state index in [2.05, 4.69) is 9.97 Å². The number of phenols is 1. The smallest absolute Gasteiger partial charge is 0.335 e. The molecular formula is C29H25N3O7. The second-order valence-corrected chi connectivity index (χ2v) is 9.19. The molecule has 1 saturated heterocycles. The van der Waals surface area contributed by atoms with Crippen LogP contribution < -0.4 is 9.64 Å². The van der Waals surface area contributed by atoms with E-state index in [1.54, 1.807) is 30.3 Å².